The Hall–Kier alpha value is -2.80. The van der Waals surface area contributed by atoms with Crippen LogP contribution in [0.1, 0.15) is 32.3 Å². The van der Waals surface area contributed by atoms with E-state index in [9.17, 15) is 4.79 Å². The van der Waals surface area contributed by atoms with E-state index in [-0.39, 0.29) is 5.91 Å². The van der Waals surface area contributed by atoms with E-state index in [1.165, 1.54) is 5.56 Å². The van der Waals surface area contributed by atoms with Crippen molar-refractivity contribution in [2.75, 3.05) is 19.0 Å². The Morgan fingerprint density at radius 3 is 2.65 bits per heavy atom. The Kier molecular flexibility index (Phi) is 5.58. The normalized spacial score (nSPS) is 10.6. The highest BCUT2D eigenvalue weighted by molar-refractivity contribution is 7.09. The van der Waals surface area contributed by atoms with Gasteiger partial charge in [-0.3, -0.25) is 4.79 Å². The van der Waals surface area contributed by atoms with Gasteiger partial charge in [0.25, 0.3) is 5.91 Å². The second-order valence-corrected chi connectivity index (χ2v) is 7.08. The van der Waals surface area contributed by atoms with E-state index >= 15 is 0 Å². The van der Waals surface area contributed by atoms with Gasteiger partial charge < -0.3 is 10.2 Å². The van der Waals surface area contributed by atoms with Crippen molar-refractivity contribution in [1.82, 2.24) is 20.3 Å². The first-order valence-corrected chi connectivity index (χ1v) is 9.17. The Bertz CT molecular complexity index is 892. The average Bonchev–Trinajstić information content (AvgIpc) is 3.07. The third kappa shape index (κ3) is 4.43. The van der Waals surface area contributed by atoms with Crippen LogP contribution in [0.4, 0.5) is 5.95 Å². The molecule has 0 radical (unpaired) electrons. The minimum Gasteiger partial charge on any atom is -0.347 e. The van der Waals surface area contributed by atoms with Crippen molar-refractivity contribution in [3.05, 3.63) is 69.4 Å². The maximum atomic E-state index is 12.4. The summed E-state index contributed by atoms with van der Waals surface area (Å²) in [5.41, 5.74) is 3.23. The number of carbonyl (C=O) groups is 1. The lowest BCUT2D eigenvalue weighted by Crippen LogP contribution is -2.25. The van der Waals surface area contributed by atoms with E-state index in [0.717, 1.165) is 17.1 Å². The monoisotopic (exact) mass is 367 g/mol. The predicted octanol–water partition coefficient (Wildman–Crippen LogP) is 2.83. The van der Waals surface area contributed by atoms with E-state index in [1.807, 2.05) is 44.6 Å². The van der Waals surface area contributed by atoms with Crippen molar-refractivity contribution < 1.29 is 4.79 Å². The van der Waals surface area contributed by atoms with Gasteiger partial charge in [-0.15, -0.1) is 11.3 Å². The van der Waals surface area contributed by atoms with Crippen LogP contribution in [0.5, 0.6) is 0 Å². The number of hydrogen-bond acceptors (Lipinski definition) is 6. The molecular weight excluding hydrogens is 346 g/mol. The van der Waals surface area contributed by atoms with Crippen molar-refractivity contribution >= 4 is 23.2 Å². The standard InChI is InChI=1S/C19H21N5OS/c1-13-16(11-21-19(22-13)24(2)3)18(25)20-10-15-12-26-17(23-15)9-14-7-5-4-6-8-14/h4-8,11-12H,9-10H2,1-3H3,(H,20,25). The molecule has 0 unspecified atom stereocenters. The quantitative estimate of drug-likeness (QED) is 0.725. The molecule has 0 fully saturated rings. The van der Waals surface area contributed by atoms with Gasteiger partial charge in [0, 0.05) is 32.1 Å². The number of nitrogens with zero attached hydrogens (tertiary/aromatic N) is 4. The number of anilines is 1. The van der Waals surface area contributed by atoms with Crippen LogP contribution in [0.3, 0.4) is 0 Å². The maximum Gasteiger partial charge on any atom is 0.255 e. The number of nitrogens with one attached hydrogen (secondary N) is 1. The number of aromatic nitrogens is 3. The Morgan fingerprint density at radius 1 is 1.19 bits per heavy atom. The predicted molar refractivity (Wildman–Crippen MR) is 104 cm³/mol. The highest BCUT2D eigenvalue weighted by Gasteiger charge is 2.13. The summed E-state index contributed by atoms with van der Waals surface area (Å²) < 4.78 is 0. The molecule has 0 bridgehead atoms. The summed E-state index contributed by atoms with van der Waals surface area (Å²) in [6, 6.07) is 10.2. The van der Waals surface area contributed by atoms with Crippen LogP contribution in [0.25, 0.3) is 0 Å². The summed E-state index contributed by atoms with van der Waals surface area (Å²) in [6.07, 6.45) is 2.37. The second-order valence-electron chi connectivity index (χ2n) is 6.14. The first-order valence-electron chi connectivity index (χ1n) is 8.29. The largest absolute Gasteiger partial charge is 0.347 e. The van der Waals surface area contributed by atoms with E-state index in [1.54, 1.807) is 22.4 Å². The van der Waals surface area contributed by atoms with Crippen LogP contribution in [-0.4, -0.2) is 35.0 Å². The molecule has 6 nitrogen and oxygen atoms in total. The minimum absolute atomic E-state index is 0.189. The number of rotatable bonds is 6. The zero-order chi connectivity index (χ0) is 18.5. The molecule has 7 heteroatoms. The topological polar surface area (TPSA) is 71.0 Å². The fourth-order valence-corrected chi connectivity index (χ4v) is 3.27. The molecule has 2 aromatic heterocycles. The van der Waals surface area contributed by atoms with Crippen molar-refractivity contribution in [2.45, 2.75) is 19.9 Å². The first kappa shape index (κ1) is 18.0. The Balaban J connectivity index is 1.60. The smallest absolute Gasteiger partial charge is 0.255 e. The summed E-state index contributed by atoms with van der Waals surface area (Å²) >= 11 is 1.61. The molecule has 0 saturated heterocycles. The molecule has 134 valence electrons. The van der Waals surface area contributed by atoms with Crippen LogP contribution in [0.2, 0.25) is 0 Å². The molecule has 0 aliphatic rings. The van der Waals surface area contributed by atoms with Gasteiger partial charge in [-0.05, 0) is 12.5 Å². The zero-order valence-corrected chi connectivity index (χ0v) is 15.9. The van der Waals surface area contributed by atoms with E-state index in [2.05, 4.69) is 32.4 Å². The highest BCUT2D eigenvalue weighted by atomic mass is 32.1. The lowest BCUT2D eigenvalue weighted by atomic mass is 10.2. The molecule has 26 heavy (non-hydrogen) atoms. The molecule has 1 amide bonds. The lowest BCUT2D eigenvalue weighted by Gasteiger charge is -2.12. The van der Waals surface area contributed by atoms with Crippen LogP contribution >= 0.6 is 11.3 Å². The SMILES string of the molecule is Cc1nc(N(C)C)ncc1C(=O)NCc1csc(Cc2ccccc2)n1. The van der Waals surface area contributed by atoms with Crippen LogP contribution in [0.15, 0.2) is 41.9 Å². The molecule has 3 rings (SSSR count). The van der Waals surface area contributed by atoms with E-state index in [0.29, 0.717) is 23.8 Å². The van der Waals surface area contributed by atoms with Crippen molar-refractivity contribution in [1.29, 1.82) is 0 Å². The van der Waals surface area contributed by atoms with Gasteiger partial charge in [0.1, 0.15) is 0 Å². The van der Waals surface area contributed by atoms with Crippen molar-refractivity contribution in [3.8, 4) is 0 Å². The molecule has 2 heterocycles. The Morgan fingerprint density at radius 2 is 1.96 bits per heavy atom. The fraction of sp³-hybridized carbons (Fsp3) is 0.263. The second kappa shape index (κ2) is 8.05. The van der Waals surface area contributed by atoms with Gasteiger partial charge in [-0.1, -0.05) is 30.3 Å². The molecule has 1 aromatic carbocycles. The number of thiazole rings is 1. The molecule has 0 aliphatic carbocycles. The average molecular weight is 367 g/mol. The van der Waals surface area contributed by atoms with Gasteiger partial charge in [0.05, 0.1) is 28.5 Å². The molecule has 0 atom stereocenters. The third-order valence-electron chi connectivity index (χ3n) is 3.84. The molecule has 0 aliphatic heterocycles. The van der Waals surface area contributed by atoms with E-state index in [4.69, 9.17) is 0 Å². The number of benzene rings is 1. The molecule has 3 aromatic rings. The summed E-state index contributed by atoms with van der Waals surface area (Å²) in [5, 5.41) is 5.91. The number of amides is 1. The molecule has 1 N–H and O–H groups in total. The van der Waals surface area contributed by atoms with Crippen molar-refractivity contribution in [3.63, 3.8) is 0 Å². The van der Waals surface area contributed by atoms with Crippen molar-refractivity contribution in [2.24, 2.45) is 0 Å². The van der Waals surface area contributed by atoms with Gasteiger partial charge in [0.2, 0.25) is 5.95 Å². The van der Waals surface area contributed by atoms with Gasteiger partial charge >= 0.3 is 0 Å². The van der Waals surface area contributed by atoms with E-state index < -0.39 is 0 Å². The summed E-state index contributed by atoms with van der Waals surface area (Å²) in [5.74, 6) is 0.398. The first-order chi connectivity index (χ1) is 12.5. The minimum atomic E-state index is -0.189. The van der Waals surface area contributed by atoms with Crippen LogP contribution in [0, 0.1) is 6.92 Å². The fourth-order valence-electron chi connectivity index (χ4n) is 2.44. The summed E-state index contributed by atoms with van der Waals surface area (Å²) in [4.78, 5) is 27.3. The molecule has 0 saturated carbocycles. The number of carbonyl (C=O) groups excluding carboxylic acids is 1. The highest BCUT2D eigenvalue weighted by Crippen LogP contribution is 2.15. The summed E-state index contributed by atoms with van der Waals surface area (Å²) in [6.45, 7) is 2.20. The van der Waals surface area contributed by atoms with Crippen LogP contribution < -0.4 is 10.2 Å². The maximum absolute atomic E-state index is 12.4. The number of hydrogen-bond donors (Lipinski definition) is 1. The van der Waals surface area contributed by atoms with Gasteiger partial charge in [0.15, 0.2) is 0 Å². The molecule has 0 spiro atoms. The van der Waals surface area contributed by atoms with Crippen LogP contribution in [-0.2, 0) is 13.0 Å². The number of aryl methyl sites for hydroxylation is 1. The lowest BCUT2D eigenvalue weighted by molar-refractivity contribution is 0.0949. The third-order valence-corrected chi connectivity index (χ3v) is 4.74. The van der Waals surface area contributed by atoms with Gasteiger partial charge in [-0.25, -0.2) is 15.0 Å². The zero-order valence-electron chi connectivity index (χ0n) is 15.1. The molecular formula is C19H21N5OS. The van der Waals surface area contributed by atoms with Gasteiger partial charge in [-0.2, -0.15) is 0 Å². The summed E-state index contributed by atoms with van der Waals surface area (Å²) in [7, 11) is 3.73. The Labute approximate surface area is 157 Å².